The first kappa shape index (κ1) is 11.1. The largest absolute Gasteiger partial charge is 0.395 e. The van der Waals surface area contributed by atoms with E-state index in [1.54, 1.807) is 0 Å². The second kappa shape index (κ2) is 7.27. The lowest BCUT2D eigenvalue weighted by Gasteiger charge is -2.07. The van der Waals surface area contributed by atoms with E-state index < -0.39 is 0 Å². The van der Waals surface area contributed by atoms with Gasteiger partial charge in [0.25, 0.3) is 0 Å². The molecule has 0 bridgehead atoms. The third kappa shape index (κ3) is 4.43. The van der Waals surface area contributed by atoms with E-state index in [-0.39, 0.29) is 20.1 Å². The van der Waals surface area contributed by atoms with Crippen molar-refractivity contribution in [1.29, 1.82) is 0 Å². The van der Waals surface area contributed by atoms with Gasteiger partial charge in [-0.05, 0) is 13.5 Å². The fraction of sp³-hybridized carbons (Fsp3) is 1.00. The van der Waals surface area contributed by atoms with E-state index in [0.717, 1.165) is 6.42 Å². The fourth-order valence-electron chi connectivity index (χ4n) is 0.425. The van der Waals surface area contributed by atoms with E-state index >= 15 is 0 Å². The fourth-order valence-corrected chi connectivity index (χ4v) is 0.425. The SMILES string of the molecule is CC[C@@H](CO)NC.S. The Morgan fingerprint density at radius 3 is 2.12 bits per heavy atom. The van der Waals surface area contributed by atoms with Crippen LogP contribution in [0.15, 0.2) is 0 Å². The van der Waals surface area contributed by atoms with Crippen molar-refractivity contribution in [2.75, 3.05) is 13.7 Å². The Labute approximate surface area is 57.7 Å². The molecule has 2 N–H and O–H groups in total. The van der Waals surface area contributed by atoms with Crippen LogP contribution in [0.3, 0.4) is 0 Å². The molecule has 0 saturated carbocycles. The molecular formula is C5H15NOS. The molecule has 0 radical (unpaired) electrons. The highest BCUT2D eigenvalue weighted by Gasteiger charge is 1.95. The highest BCUT2D eigenvalue weighted by atomic mass is 32.1. The summed E-state index contributed by atoms with van der Waals surface area (Å²) in [6.07, 6.45) is 0.993. The van der Waals surface area contributed by atoms with Crippen LogP contribution in [0.1, 0.15) is 13.3 Å². The van der Waals surface area contributed by atoms with Crippen molar-refractivity contribution in [3.63, 3.8) is 0 Å². The Hall–Kier alpha value is 0.270. The van der Waals surface area contributed by atoms with Crippen LogP contribution in [0.25, 0.3) is 0 Å². The first-order valence-electron chi connectivity index (χ1n) is 2.63. The quantitative estimate of drug-likeness (QED) is 0.578. The van der Waals surface area contributed by atoms with Gasteiger partial charge in [0.15, 0.2) is 0 Å². The summed E-state index contributed by atoms with van der Waals surface area (Å²) in [6.45, 7) is 2.28. The van der Waals surface area contributed by atoms with Gasteiger partial charge in [-0.1, -0.05) is 6.92 Å². The first-order chi connectivity index (χ1) is 3.35. The molecule has 0 aromatic rings. The Bertz CT molecular complexity index is 33.9. The maximum absolute atomic E-state index is 8.46. The third-order valence-electron chi connectivity index (χ3n) is 1.12. The summed E-state index contributed by atoms with van der Waals surface area (Å²) < 4.78 is 0. The summed E-state index contributed by atoms with van der Waals surface area (Å²) in [5.74, 6) is 0. The average molecular weight is 137 g/mol. The van der Waals surface area contributed by atoms with Gasteiger partial charge in [-0.25, -0.2) is 0 Å². The van der Waals surface area contributed by atoms with Crippen molar-refractivity contribution >= 4 is 13.5 Å². The number of hydrogen-bond acceptors (Lipinski definition) is 2. The van der Waals surface area contributed by atoms with E-state index in [4.69, 9.17) is 5.11 Å². The molecule has 0 spiro atoms. The van der Waals surface area contributed by atoms with E-state index in [0.29, 0.717) is 6.04 Å². The Balaban J connectivity index is 0. The van der Waals surface area contributed by atoms with Gasteiger partial charge in [-0.15, -0.1) is 0 Å². The highest BCUT2D eigenvalue weighted by molar-refractivity contribution is 7.59. The molecule has 0 aromatic carbocycles. The summed E-state index contributed by atoms with van der Waals surface area (Å²) in [5.41, 5.74) is 0. The zero-order valence-corrected chi connectivity index (χ0v) is 6.44. The molecule has 8 heavy (non-hydrogen) atoms. The third-order valence-corrected chi connectivity index (χ3v) is 1.12. The van der Waals surface area contributed by atoms with Gasteiger partial charge in [-0.2, -0.15) is 13.5 Å². The molecule has 0 aliphatic heterocycles. The topological polar surface area (TPSA) is 32.3 Å². The molecule has 0 aromatic heterocycles. The molecule has 1 atom stereocenters. The Kier molecular flexibility index (Phi) is 10.1. The zero-order valence-electron chi connectivity index (χ0n) is 5.44. The van der Waals surface area contributed by atoms with Crippen molar-refractivity contribution in [2.45, 2.75) is 19.4 Å². The van der Waals surface area contributed by atoms with Crippen LogP contribution in [-0.4, -0.2) is 24.8 Å². The highest BCUT2D eigenvalue weighted by Crippen LogP contribution is 1.84. The van der Waals surface area contributed by atoms with Crippen molar-refractivity contribution < 1.29 is 5.11 Å². The van der Waals surface area contributed by atoms with Gasteiger partial charge in [0, 0.05) is 6.04 Å². The summed E-state index contributed by atoms with van der Waals surface area (Å²) in [5, 5.41) is 11.4. The lowest BCUT2D eigenvalue weighted by atomic mass is 10.2. The molecule has 0 aliphatic carbocycles. The van der Waals surface area contributed by atoms with Crippen molar-refractivity contribution in [2.24, 2.45) is 0 Å². The molecule has 0 fully saturated rings. The molecule has 0 amide bonds. The van der Waals surface area contributed by atoms with Gasteiger partial charge >= 0.3 is 0 Å². The smallest absolute Gasteiger partial charge is 0.0584 e. The normalized spacial score (nSPS) is 12.4. The van der Waals surface area contributed by atoms with Crippen LogP contribution < -0.4 is 5.32 Å². The monoisotopic (exact) mass is 137 g/mol. The van der Waals surface area contributed by atoms with Gasteiger partial charge in [0.2, 0.25) is 0 Å². The van der Waals surface area contributed by atoms with Crippen molar-refractivity contribution in [1.82, 2.24) is 5.32 Å². The average Bonchev–Trinajstić information content (AvgIpc) is 1.72. The molecule has 2 nitrogen and oxygen atoms in total. The second-order valence-electron chi connectivity index (χ2n) is 1.58. The summed E-state index contributed by atoms with van der Waals surface area (Å²) in [4.78, 5) is 0. The van der Waals surface area contributed by atoms with E-state index in [9.17, 15) is 0 Å². The Morgan fingerprint density at radius 2 is 2.12 bits per heavy atom. The summed E-state index contributed by atoms with van der Waals surface area (Å²) >= 11 is 0. The molecule has 52 valence electrons. The number of aliphatic hydroxyl groups is 1. The standard InChI is InChI=1S/C5H13NO.H2S/c1-3-5(4-7)6-2;/h5-7H,3-4H2,1-2H3;1H2/t5-;/m0./s1. The maximum Gasteiger partial charge on any atom is 0.0584 e. The molecule has 0 aliphatic rings. The van der Waals surface area contributed by atoms with Gasteiger partial charge in [-0.3, -0.25) is 0 Å². The molecule has 0 unspecified atom stereocenters. The predicted octanol–water partition coefficient (Wildman–Crippen LogP) is 0.0895. The van der Waals surface area contributed by atoms with Gasteiger partial charge in [0.1, 0.15) is 0 Å². The first-order valence-corrected chi connectivity index (χ1v) is 2.63. The number of rotatable bonds is 3. The van der Waals surface area contributed by atoms with Crippen LogP contribution >= 0.6 is 13.5 Å². The number of hydrogen-bond donors (Lipinski definition) is 2. The summed E-state index contributed by atoms with van der Waals surface area (Å²) in [6, 6.07) is 0.292. The van der Waals surface area contributed by atoms with Crippen LogP contribution in [0.4, 0.5) is 0 Å². The molecule has 0 saturated heterocycles. The van der Waals surface area contributed by atoms with Crippen LogP contribution in [-0.2, 0) is 0 Å². The molecule has 0 rings (SSSR count). The lowest BCUT2D eigenvalue weighted by Crippen LogP contribution is -2.27. The van der Waals surface area contributed by atoms with Gasteiger partial charge in [0.05, 0.1) is 6.61 Å². The minimum absolute atomic E-state index is 0. The Morgan fingerprint density at radius 1 is 1.62 bits per heavy atom. The van der Waals surface area contributed by atoms with Crippen LogP contribution in [0.5, 0.6) is 0 Å². The van der Waals surface area contributed by atoms with Gasteiger partial charge < -0.3 is 10.4 Å². The second-order valence-corrected chi connectivity index (χ2v) is 1.58. The maximum atomic E-state index is 8.46. The zero-order chi connectivity index (χ0) is 5.70. The van der Waals surface area contributed by atoms with Crippen molar-refractivity contribution in [3.8, 4) is 0 Å². The van der Waals surface area contributed by atoms with E-state index in [1.165, 1.54) is 0 Å². The number of aliphatic hydroxyl groups excluding tert-OH is 1. The van der Waals surface area contributed by atoms with E-state index in [2.05, 4.69) is 5.32 Å². The number of nitrogens with one attached hydrogen (secondary N) is 1. The van der Waals surface area contributed by atoms with Crippen LogP contribution in [0.2, 0.25) is 0 Å². The molecular weight excluding hydrogens is 122 g/mol. The predicted molar refractivity (Wildman–Crippen MR) is 40.6 cm³/mol. The molecule has 3 heteroatoms. The summed E-state index contributed by atoms with van der Waals surface area (Å²) in [7, 11) is 1.85. The van der Waals surface area contributed by atoms with E-state index in [1.807, 2.05) is 14.0 Å². The van der Waals surface area contributed by atoms with Crippen molar-refractivity contribution in [3.05, 3.63) is 0 Å². The lowest BCUT2D eigenvalue weighted by molar-refractivity contribution is 0.245. The minimum Gasteiger partial charge on any atom is -0.395 e. The minimum atomic E-state index is 0. The van der Waals surface area contributed by atoms with Crippen LogP contribution in [0, 0.1) is 0 Å². The molecule has 0 heterocycles. The number of likely N-dealkylation sites (N-methyl/N-ethyl adjacent to an activating group) is 1.